The normalized spacial score (nSPS) is 24.1. The van der Waals surface area contributed by atoms with Gasteiger partial charge in [-0.3, -0.25) is 14.5 Å². The van der Waals surface area contributed by atoms with Crippen LogP contribution in [0.1, 0.15) is 39.0 Å². The number of amides is 1. The fraction of sp³-hybridized carbons (Fsp3) is 0.882. The maximum absolute atomic E-state index is 12.7. The number of hydrogen-bond acceptors (Lipinski definition) is 4. The van der Waals surface area contributed by atoms with E-state index in [-0.39, 0.29) is 24.5 Å². The van der Waals surface area contributed by atoms with E-state index in [4.69, 9.17) is 9.84 Å². The molecule has 1 saturated heterocycles. The van der Waals surface area contributed by atoms with Gasteiger partial charge in [-0.1, -0.05) is 32.6 Å². The summed E-state index contributed by atoms with van der Waals surface area (Å²) in [6.07, 6.45) is 6.05. The van der Waals surface area contributed by atoms with Crippen LogP contribution in [0.15, 0.2) is 0 Å². The van der Waals surface area contributed by atoms with Crippen LogP contribution in [0.5, 0.6) is 0 Å². The van der Waals surface area contributed by atoms with Gasteiger partial charge in [-0.2, -0.15) is 0 Å². The molecule has 2 unspecified atom stereocenters. The fourth-order valence-corrected chi connectivity index (χ4v) is 3.83. The molecule has 0 aromatic heterocycles. The molecule has 0 radical (unpaired) electrons. The summed E-state index contributed by atoms with van der Waals surface area (Å²) < 4.78 is 5.70. The highest BCUT2D eigenvalue weighted by molar-refractivity contribution is 5.78. The van der Waals surface area contributed by atoms with E-state index in [0.717, 1.165) is 6.42 Å². The second-order valence-electron chi connectivity index (χ2n) is 7.15. The summed E-state index contributed by atoms with van der Waals surface area (Å²) in [5.74, 6) is 0.175. The van der Waals surface area contributed by atoms with Crippen LogP contribution in [-0.2, 0) is 14.3 Å². The van der Waals surface area contributed by atoms with Crippen molar-refractivity contribution in [3.63, 3.8) is 0 Å². The van der Waals surface area contributed by atoms with Gasteiger partial charge in [0.25, 0.3) is 0 Å². The van der Waals surface area contributed by atoms with Crippen molar-refractivity contribution in [3.8, 4) is 0 Å². The Bertz CT molecular complexity index is 409. The maximum atomic E-state index is 12.7. The zero-order chi connectivity index (χ0) is 16.8. The van der Waals surface area contributed by atoms with Crippen molar-refractivity contribution in [2.24, 2.45) is 11.8 Å². The number of morpholine rings is 1. The second kappa shape index (κ2) is 8.64. The Kier molecular flexibility index (Phi) is 6.84. The average Bonchev–Trinajstić information content (AvgIpc) is 2.98. The minimum absolute atomic E-state index is 0.00805. The largest absolute Gasteiger partial charge is 0.480 e. The number of carboxylic acids is 1. The van der Waals surface area contributed by atoms with Crippen LogP contribution < -0.4 is 0 Å². The Hall–Kier alpha value is -1.14. The lowest BCUT2D eigenvalue weighted by Gasteiger charge is -2.36. The Morgan fingerprint density at radius 2 is 2.04 bits per heavy atom. The molecule has 1 aliphatic heterocycles. The lowest BCUT2D eigenvalue weighted by molar-refractivity contribution is -0.145. The number of likely N-dealkylation sites (N-methyl/N-ethyl adjacent to an activating group) is 1. The molecule has 132 valence electrons. The van der Waals surface area contributed by atoms with Crippen LogP contribution in [-0.4, -0.2) is 72.7 Å². The molecule has 6 nitrogen and oxygen atoms in total. The second-order valence-corrected chi connectivity index (χ2v) is 7.15. The quantitative estimate of drug-likeness (QED) is 0.767. The first kappa shape index (κ1) is 18.2. The molecule has 2 rings (SSSR count). The highest BCUT2D eigenvalue weighted by Crippen LogP contribution is 2.31. The van der Waals surface area contributed by atoms with Crippen LogP contribution in [0.25, 0.3) is 0 Å². The summed E-state index contributed by atoms with van der Waals surface area (Å²) in [5.41, 5.74) is 0. The summed E-state index contributed by atoms with van der Waals surface area (Å²) in [7, 11) is 1.76. The van der Waals surface area contributed by atoms with Crippen LogP contribution >= 0.6 is 0 Å². The lowest BCUT2D eigenvalue weighted by atomic mass is 9.93. The minimum Gasteiger partial charge on any atom is -0.480 e. The number of hydrogen-bond donors (Lipinski definition) is 1. The third-order valence-corrected chi connectivity index (χ3v) is 4.95. The summed E-state index contributed by atoms with van der Waals surface area (Å²) in [6, 6.07) is 0. The van der Waals surface area contributed by atoms with E-state index >= 15 is 0 Å². The Morgan fingerprint density at radius 1 is 1.35 bits per heavy atom. The van der Waals surface area contributed by atoms with Crippen molar-refractivity contribution in [3.05, 3.63) is 0 Å². The molecule has 23 heavy (non-hydrogen) atoms. The van der Waals surface area contributed by atoms with Gasteiger partial charge in [-0.25, -0.2) is 0 Å². The smallest absolute Gasteiger partial charge is 0.317 e. The highest BCUT2D eigenvalue weighted by Gasteiger charge is 2.29. The van der Waals surface area contributed by atoms with Crippen molar-refractivity contribution >= 4 is 11.9 Å². The topological polar surface area (TPSA) is 70.1 Å². The Balaban J connectivity index is 1.79. The van der Waals surface area contributed by atoms with Gasteiger partial charge in [0.15, 0.2) is 0 Å². The SMILES string of the molecule is CC(CC1CCCC1)C(=O)N1CCOC(CN(C)CC(=O)O)C1. The van der Waals surface area contributed by atoms with E-state index < -0.39 is 5.97 Å². The zero-order valence-corrected chi connectivity index (χ0v) is 14.4. The highest BCUT2D eigenvalue weighted by atomic mass is 16.5. The van der Waals surface area contributed by atoms with Crippen molar-refractivity contribution in [2.45, 2.75) is 45.1 Å². The van der Waals surface area contributed by atoms with Gasteiger partial charge in [0.05, 0.1) is 19.3 Å². The molecule has 6 heteroatoms. The van der Waals surface area contributed by atoms with E-state index in [1.807, 2.05) is 11.8 Å². The van der Waals surface area contributed by atoms with Gasteiger partial charge >= 0.3 is 5.97 Å². The third kappa shape index (κ3) is 5.77. The third-order valence-electron chi connectivity index (χ3n) is 4.95. The number of nitrogens with zero attached hydrogens (tertiary/aromatic N) is 2. The van der Waals surface area contributed by atoms with Crippen molar-refractivity contribution in [1.82, 2.24) is 9.80 Å². The molecular weight excluding hydrogens is 296 g/mol. The Morgan fingerprint density at radius 3 is 2.70 bits per heavy atom. The lowest BCUT2D eigenvalue weighted by Crippen LogP contribution is -2.51. The van der Waals surface area contributed by atoms with E-state index in [9.17, 15) is 9.59 Å². The predicted octanol–water partition coefficient (Wildman–Crippen LogP) is 1.45. The van der Waals surface area contributed by atoms with Crippen LogP contribution in [0, 0.1) is 11.8 Å². The van der Waals surface area contributed by atoms with Crippen molar-refractivity contribution in [2.75, 3.05) is 39.8 Å². The first-order chi connectivity index (χ1) is 11.0. The fourth-order valence-electron chi connectivity index (χ4n) is 3.83. The van der Waals surface area contributed by atoms with E-state index in [2.05, 4.69) is 0 Å². The van der Waals surface area contributed by atoms with Gasteiger partial charge in [0.2, 0.25) is 5.91 Å². The van der Waals surface area contributed by atoms with Gasteiger partial charge in [-0.15, -0.1) is 0 Å². The van der Waals surface area contributed by atoms with Gasteiger partial charge in [0, 0.05) is 25.6 Å². The van der Waals surface area contributed by atoms with E-state index in [1.165, 1.54) is 25.7 Å². The number of carboxylic acid groups (broad SMARTS) is 1. The summed E-state index contributed by atoms with van der Waals surface area (Å²) >= 11 is 0. The maximum Gasteiger partial charge on any atom is 0.317 e. The average molecular weight is 326 g/mol. The van der Waals surface area contributed by atoms with Gasteiger partial charge in [0.1, 0.15) is 0 Å². The molecule has 1 aliphatic carbocycles. The molecule has 1 saturated carbocycles. The number of carbonyl (C=O) groups excluding carboxylic acids is 1. The standard InChI is InChI=1S/C17H30N2O4/c1-13(9-14-5-3-4-6-14)17(22)19-7-8-23-15(11-19)10-18(2)12-16(20)21/h13-15H,3-12H2,1-2H3,(H,20,21). The summed E-state index contributed by atoms with van der Waals surface area (Å²) in [5, 5.41) is 8.82. The van der Waals surface area contributed by atoms with E-state index in [0.29, 0.717) is 32.2 Å². The minimum atomic E-state index is -0.846. The number of rotatable bonds is 7. The molecule has 2 fully saturated rings. The van der Waals surface area contributed by atoms with Crippen LogP contribution in [0.4, 0.5) is 0 Å². The number of carbonyl (C=O) groups is 2. The van der Waals surface area contributed by atoms with E-state index in [1.54, 1.807) is 11.9 Å². The number of aliphatic carboxylic acids is 1. The summed E-state index contributed by atoms with van der Waals surface area (Å²) in [4.78, 5) is 27.0. The molecule has 0 spiro atoms. The monoisotopic (exact) mass is 326 g/mol. The molecular formula is C17H30N2O4. The van der Waals surface area contributed by atoms with Gasteiger partial charge < -0.3 is 14.7 Å². The van der Waals surface area contributed by atoms with Crippen molar-refractivity contribution in [1.29, 1.82) is 0 Å². The molecule has 2 aliphatic rings. The summed E-state index contributed by atoms with van der Waals surface area (Å²) in [6.45, 7) is 4.32. The van der Waals surface area contributed by atoms with Crippen molar-refractivity contribution < 1.29 is 19.4 Å². The molecule has 1 N–H and O–H groups in total. The number of ether oxygens (including phenoxy) is 1. The zero-order valence-electron chi connectivity index (χ0n) is 14.4. The Labute approximate surface area is 138 Å². The molecule has 0 bridgehead atoms. The first-order valence-corrected chi connectivity index (χ1v) is 8.76. The van der Waals surface area contributed by atoms with Gasteiger partial charge in [-0.05, 0) is 19.4 Å². The molecule has 0 aromatic rings. The van der Waals surface area contributed by atoms with Crippen LogP contribution in [0.3, 0.4) is 0 Å². The van der Waals surface area contributed by atoms with Crippen LogP contribution in [0.2, 0.25) is 0 Å². The molecule has 0 aromatic carbocycles. The molecule has 1 amide bonds. The first-order valence-electron chi connectivity index (χ1n) is 8.76. The predicted molar refractivity (Wildman–Crippen MR) is 87.2 cm³/mol. The molecule has 1 heterocycles. The molecule has 2 atom stereocenters.